The molecule has 270 valence electrons. The van der Waals surface area contributed by atoms with E-state index in [1.807, 2.05) is 55.5 Å². The molecule has 0 saturated carbocycles. The van der Waals surface area contributed by atoms with Gasteiger partial charge in [-0.05, 0) is 52.9 Å². The summed E-state index contributed by atoms with van der Waals surface area (Å²) in [5.74, 6) is -0.574. The summed E-state index contributed by atoms with van der Waals surface area (Å²) in [7, 11) is 0. The Bertz CT molecular complexity index is 2060. The molecule has 0 saturated heterocycles. The van der Waals surface area contributed by atoms with Gasteiger partial charge in [-0.25, -0.2) is 14.6 Å². The number of esters is 1. The SMILES string of the molecule is CCCCc1nc(Cl)c(C(=O)OC(C)OC(=O)OCC)n1Cc1ccc(-c2ccccc2-c2nnn(C(=O)c3cccc(CO[N+](=O)[O-])c3)n2)cc1. The molecule has 17 heteroatoms. The molecule has 5 rings (SSSR count). The van der Waals surface area contributed by atoms with Gasteiger partial charge >= 0.3 is 12.1 Å². The number of hydrogen-bond acceptors (Lipinski definition) is 13. The normalized spacial score (nSPS) is 11.5. The third kappa shape index (κ3) is 9.14. The van der Waals surface area contributed by atoms with Crippen molar-refractivity contribution >= 4 is 29.6 Å². The molecule has 1 atom stereocenters. The minimum Gasteiger partial charge on any atom is -0.435 e. The van der Waals surface area contributed by atoms with E-state index in [2.05, 4.69) is 25.2 Å². The standard InChI is InChI=1S/C35H34ClN7O9/c1-4-6-14-29-37-31(36)30(34(45)51-22(3)52-35(46)49-5-2)41(29)20-23-15-17-25(18-16-23)27-12-7-8-13-28(27)32-38-40-42(39-32)33(44)26-11-9-10-24(19-26)21-50-43(47)48/h7-13,15-19,22H,4-6,14,20-21H2,1-3H3. The Kier molecular flexibility index (Phi) is 12.3. The number of carbonyl (C=O) groups excluding carboxylic acids is 3. The third-order valence-corrected chi connectivity index (χ3v) is 7.89. The van der Waals surface area contributed by atoms with Gasteiger partial charge in [0.15, 0.2) is 10.8 Å². The lowest BCUT2D eigenvalue weighted by Gasteiger charge is -2.16. The summed E-state index contributed by atoms with van der Waals surface area (Å²) in [6, 6.07) is 21.1. The van der Waals surface area contributed by atoms with E-state index in [9.17, 15) is 24.5 Å². The average molecular weight is 732 g/mol. The number of aromatic nitrogens is 6. The number of tetrazole rings is 1. The van der Waals surface area contributed by atoms with Crippen LogP contribution in [0.1, 0.15) is 71.4 Å². The zero-order valence-electron chi connectivity index (χ0n) is 28.4. The summed E-state index contributed by atoms with van der Waals surface area (Å²) >= 11 is 6.46. The average Bonchev–Trinajstić information content (AvgIpc) is 3.74. The number of unbranched alkanes of at least 4 members (excludes halogenated alkanes) is 1. The van der Waals surface area contributed by atoms with Gasteiger partial charge in [0.25, 0.3) is 11.0 Å². The van der Waals surface area contributed by atoms with E-state index < -0.39 is 29.4 Å². The molecule has 0 aliphatic rings. The largest absolute Gasteiger partial charge is 0.511 e. The van der Waals surface area contributed by atoms with Crippen LogP contribution in [0.2, 0.25) is 5.15 Å². The van der Waals surface area contributed by atoms with E-state index in [0.717, 1.165) is 34.3 Å². The van der Waals surface area contributed by atoms with Crippen LogP contribution in [-0.2, 0) is 38.6 Å². The van der Waals surface area contributed by atoms with Gasteiger partial charge in [0.05, 0.1) is 6.61 Å². The van der Waals surface area contributed by atoms with Crippen molar-refractivity contribution in [3.05, 3.63) is 116 Å². The molecule has 0 aliphatic carbocycles. The first-order valence-corrected chi connectivity index (χ1v) is 16.6. The van der Waals surface area contributed by atoms with Gasteiger partial charge in [-0.1, -0.05) is 90.4 Å². The van der Waals surface area contributed by atoms with Gasteiger partial charge in [-0.15, -0.1) is 20.3 Å². The molecule has 1 unspecified atom stereocenters. The van der Waals surface area contributed by atoms with Crippen molar-refractivity contribution in [1.82, 2.24) is 29.8 Å². The van der Waals surface area contributed by atoms with Crippen molar-refractivity contribution < 1.29 is 38.5 Å². The summed E-state index contributed by atoms with van der Waals surface area (Å²) in [6.07, 6.45) is 0.0882. The number of ether oxygens (including phenoxy) is 3. The lowest BCUT2D eigenvalue weighted by atomic mass is 9.98. The lowest BCUT2D eigenvalue weighted by molar-refractivity contribution is -0.763. The van der Waals surface area contributed by atoms with Gasteiger partial charge in [0.2, 0.25) is 12.1 Å². The van der Waals surface area contributed by atoms with Crippen LogP contribution in [0, 0.1) is 10.1 Å². The van der Waals surface area contributed by atoms with Gasteiger partial charge in [0, 0.05) is 31.0 Å². The third-order valence-electron chi connectivity index (χ3n) is 7.63. The molecule has 3 aromatic carbocycles. The molecule has 0 fully saturated rings. The summed E-state index contributed by atoms with van der Waals surface area (Å²) in [5.41, 5.74) is 3.70. The van der Waals surface area contributed by atoms with E-state index in [0.29, 0.717) is 23.4 Å². The topological polar surface area (TPSA) is 193 Å². The van der Waals surface area contributed by atoms with Crippen LogP contribution in [0.25, 0.3) is 22.5 Å². The zero-order valence-corrected chi connectivity index (χ0v) is 29.2. The molecule has 2 aromatic heterocycles. The zero-order chi connectivity index (χ0) is 37.2. The molecule has 0 radical (unpaired) electrons. The highest BCUT2D eigenvalue weighted by atomic mass is 35.5. The van der Waals surface area contributed by atoms with Crippen LogP contribution in [0.5, 0.6) is 0 Å². The molecule has 0 aliphatic heterocycles. The Morgan fingerprint density at radius 3 is 2.42 bits per heavy atom. The van der Waals surface area contributed by atoms with Crippen molar-refractivity contribution in [3.63, 3.8) is 0 Å². The van der Waals surface area contributed by atoms with Gasteiger partial charge in [-0.2, -0.15) is 0 Å². The van der Waals surface area contributed by atoms with E-state index in [1.165, 1.54) is 19.1 Å². The fourth-order valence-corrected chi connectivity index (χ4v) is 5.50. The van der Waals surface area contributed by atoms with Crippen LogP contribution in [0.15, 0.2) is 72.8 Å². The minimum atomic E-state index is -1.23. The molecular formula is C35H34ClN7O9. The number of imidazole rings is 1. The number of rotatable bonds is 15. The van der Waals surface area contributed by atoms with Crippen molar-refractivity contribution in [2.24, 2.45) is 0 Å². The van der Waals surface area contributed by atoms with E-state index in [1.54, 1.807) is 23.6 Å². The monoisotopic (exact) mass is 731 g/mol. The number of carbonyl (C=O) groups is 3. The second-order valence-corrected chi connectivity index (χ2v) is 11.6. The fourth-order valence-electron chi connectivity index (χ4n) is 5.22. The first kappa shape index (κ1) is 37.1. The van der Waals surface area contributed by atoms with Crippen LogP contribution >= 0.6 is 11.6 Å². The number of benzene rings is 3. The second kappa shape index (κ2) is 17.2. The van der Waals surface area contributed by atoms with Gasteiger partial charge < -0.3 is 23.6 Å². The molecule has 0 bridgehead atoms. The Labute approximate surface area is 302 Å². The fraction of sp³-hybridized carbons (Fsp3) is 0.286. The molecule has 16 nitrogen and oxygen atoms in total. The van der Waals surface area contributed by atoms with Crippen molar-refractivity contribution in [1.29, 1.82) is 0 Å². The van der Waals surface area contributed by atoms with Crippen molar-refractivity contribution in [3.8, 4) is 22.5 Å². The van der Waals surface area contributed by atoms with E-state index in [4.69, 9.17) is 25.8 Å². The number of halogens is 1. The van der Waals surface area contributed by atoms with Crippen LogP contribution in [0.3, 0.4) is 0 Å². The number of nitrogens with zero attached hydrogens (tertiary/aromatic N) is 7. The maximum absolute atomic E-state index is 13.2. The maximum atomic E-state index is 13.2. The Morgan fingerprint density at radius 1 is 0.962 bits per heavy atom. The predicted octanol–water partition coefficient (Wildman–Crippen LogP) is 6.32. The van der Waals surface area contributed by atoms with Crippen LogP contribution in [-0.4, -0.2) is 65.8 Å². The first-order valence-electron chi connectivity index (χ1n) is 16.3. The molecule has 52 heavy (non-hydrogen) atoms. The van der Waals surface area contributed by atoms with Crippen LogP contribution < -0.4 is 0 Å². The molecule has 2 heterocycles. The molecule has 0 spiro atoms. The minimum absolute atomic E-state index is 0.0272. The number of hydrogen-bond donors (Lipinski definition) is 0. The van der Waals surface area contributed by atoms with Crippen molar-refractivity contribution in [2.75, 3.05) is 6.61 Å². The highest BCUT2D eigenvalue weighted by Gasteiger charge is 2.26. The predicted molar refractivity (Wildman–Crippen MR) is 185 cm³/mol. The van der Waals surface area contributed by atoms with Gasteiger partial charge in [0.1, 0.15) is 12.4 Å². The Morgan fingerprint density at radius 2 is 1.71 bits per heavy atom. The van der Waals surface area contributed by atoms with E-state index >= 15 is 0 Å². The van der Waals surface area contributed by atoms with Crippen molar-refractivity contribution in [2.45, 2.75) is 59.5 Å². The molecular weight excluding hydrogens is 698 g/mol. The second-order valence-electron chi connectivity index (χ2n) is 11.3. The quantitative estimate of drug-likeness (QED) is 0.0503. The van der Waals surface area contributed by atoms with E-state index in [-0.39, 0.29) is 42.0 Å². The Hall–Kier alpha value is -6.16. The highest BCUT2D eigenvalue weighted by molar-refractivity contribution is 6.32. The lowest BCUT2D eigenvalue weighted by Crippen LogP contribution is -2.24. The highest BCUT2D eigenvalue weighted by Crippen LogP contribution is 2.31. The maximum Gasteiger partial charge on any atom is 0.511 e. The summed E-state index contributed by atoms with van der Waals surface area (Å²) < 4.78 is 16.8. The molecule has 5 aromatic rings. The molecule has 0 N–H and O–H groups in total. The van der Waals surface area contributed by atoms with Crippen LogP contribution in [0.4, 0.5) is 4.79 Å². The summed E-state index contributed by atoms with van der Waals surface area (Å²) in [4.78, 5) is 58.4. The smallest absolute Gasteiger partial charge is 0.435 e. The summed E-state index contributed by atoms with van der Waals surface area (Å²) in [6.45, 7) is 5.10. The first-order chi connectivity index (χ1) is 25.1. The summed E-state index contributed by atoms with van der Waals surface area (Å²) in [5, 5.41) is 22.1. The molecule has 0 amide bonds. The Balaban J connectivity index is 1.36. The van der Waals surface area contributed by atoms with Gasteiger partial charge in [-0.3, -0.25) is 4.79 Å². The number of aryl methyl sites for hydroxylation is 1.